The van der Waals surface area contributed by atoms with Crippen molar-refractivity contribution in [2.45, 2.75) is 11.5 Å². The van der Waals surface area contributed by atoms with Gasteiger partial charge in [0.1, 0.15) is 11.0 Å². The standard InChI is InChI=1S/C17H11Cl2F2NO4S/c1-25-14-4-2-3-10(16(14)26-17(20)21)7-12(9-22)27(23,24)15-8-11(18)5-6-13(15)19/h2-8,17H,1H3. The van der Waals surface area contributed by atoms with Crippen LogP contribution in [0.15, 0.2) is 46.2 Å². The van der Waals surface area contributed by atoms with Gasteiger partial charge in [-0.25, -0.2) is 8.42 Å². The van der Waals surface area contributed by atoms with Crippen LogP contribution >= 0.6 is 23.2 Å². The maximum absolute atomic E-state index is 12.8. The number of benzene rings is 2. The predicted molar refractivity (Wildman–Crippen MR) is 96.9 cm³/mol. The summed E-state index contributed by atoms with van der Waals surface area (Å²) in [5.74, 6) is -0.463. The lowest BCUT2D eigenvalue weighted by atomic mass is 10.1. The first-order valence-electron chi connectivity index (χ1n) is 7.14. The maximum Gasteiger partial charge on any atom is 0.387 e. The fraction of sp³-hybridized carbons (Fsp3) is 0.118. The Kier molecular flexibility index (Phi) is 6.65. The second kappa shape index (κ2) is 8.57. The summed E-state index contributed by atoms with van der Waals surface area (Å²) in [6, 6.07) is 9.36. The zero-order valence-corrected chi connectivity index (χ0v) is 15.9. The van der Waals surface area contributed by atoms with E-state index in [1.165, 1.54) is 37.4 Å². The van der Waals surface area contributed by atoms with Crippen molar-refractivity contribution < 1.29 is 26.7 Å². The number of nitriles is 1. The maximum atomic E-state index is 12.8. The Balaban J connectivity index is 2.66. The molecular formula is C17H11Cl2F2NO4S. The monoisotopic (exact) mass is 433 g/mol. The Hall–Kier alpha value is -2.34. The summed E-state index contributed by atoms with van der Waals surface area (Å²) in [5.41, 5.74) is -0.0899. The number of methoxy groups -OCH3 is 1. The van der Waals surface area contributed by atoms with Crippen LogP contribution in [-0.4, -0.2) is 22.1 Å². The van der Waals surface area contributed by atoms with Gasteiger partial charge in [0.2, 0.25) is 9.84 Å². The highest BCUT2D eigenvalue weighted by molar-refractivity contribution is 7.95. The SMILES string of the molecule is COc1cccc(C=C(C#N)S(=O)(=O)c2cc(Cl)ccc2Cl)c1OC(F)F. The van der Waals surface area contributed by atoms with Gasteiger partial charge in [0, 0.05) is 10.6 Å². The number of allylic oxidation sites excluding steroid dienone is 1. The van der Waals surface area contributed by atoms with Gasteiger partial charge in [-0.1, -0.05) is 35.3 Å². The third-order valence-corrected chi connectivity index (χ3v) is 5.69. The quantitative estimate of drug-likeness (QED) is 0.602. The van der Waals surface area contributed by atoms with Crippen LogP contribution in [0, 0.1) is 11.3 Å². The molecule has 2 aromatic carbocycles. The van der Waals surface area contributed by atoms with E-state index in [1.807, 2.05) is 0 Å². The number of halogens is 4. The van der Waals surface area contributed by atoms with Gasteiger partial charge in [-0.05, 0) is 30.3 Å². The lowest BCUT2D eigenvalue weighted by Gasteiger charge is -2.13. The largest absolute Gasteiger partial charge is 0.493 e. The van der Waals surface area contributed by atoms with Crippen LogP contribution in [0.4, 0.5) is 8.78 Å². The number of hydrogen-bond acceptors (Lipinski definition) is 5. The lowest BCUT2D eigenvalue weighted by molar-refractivity contribution is -0.0513. The summed E-state index contributed by atoms with van der Waals surface area (Å²) in [5, 5.41) is 9.30. The predicted octanol–water partition coefficient (Wildman–Crippen LogP) is 4.94. The smallest absolute Gasteiger partial charge is 0.387 e. The van der Waals surface area contributed by atoms with E-state index in [9.17, 15) is 22.5 Å². The molecule has 0 unspecified atom stereocenters. The van der Waals surface area contributed by atoms with Crippen molar-refractivity contribution in [3.05, 3.63) is 56.9 Å². The Morgan fingerprint density at radius 3 is 2.56 bits per heavy atom. The number of rotatable bonds is 6. The molecule has 142 valence electrons. The van der Waals surface area contributed by atoms with E-state index in [4.69, 9.17) is 27.9 Å². The third kappa shape index (κ3) is 4.69. The van der Waals surface area contributed by atoms with Crippen molar-refractivity contribution in [3.63, 3.8) is 0 Å². The second-order valence-electron chi connectivity index (χ2n) is 4.96. The first kappa shape index (κ1) is 21.0. The molecule has 0 bridgehead atoms. The van der Waals surface area contributed by atoms with Crippen molar-refractivity contribution in [2.24, 2.45) is 0 Å². The van der Waals surface area contributed by atoms with Crippen LogP contribution < -0.4 is 9.47 Å². The van der Waals surface area contributed by atoms with E-state index in [2.05, 4.69) is 4.74 Å². The van der Waals surface area contributed by atoms with E-state index in [0.717, 1.165) is 12.1 Å². The van der Waals surface area contributed by atoms with E-state index in [-0.39, 0.29) is 26.3 Å². The molecule has 0 amide bonds. The first-order chi connectivity index (χ1) is 12.7. The van der Waals surface area contributed by atoms with Crippen molar-refractivity contribution >= 4 is 39.1 Å². The van der Waals surface area contributed by atoms with Gasteiger partial charge >= 0.3 is 6.61 Å². The molecule has 0 aliphatic rings. The molecule has 0 fully saturated rings. The van der Waals surface area contributed by atoms with Crippen LogP contribution in [0.2, 0.25) is 10.0 Å². The summed E-state index contributed by atoms with van der Waals surface area (Å²) < 4.78 is 60.4. The lowest BCUT2D eigenvalue weighted by Crippen LogP contribution is -2.07. The Morgan fingerprint density at radius 1 is 1.26 bits per heavy atom. The van der Waals surface area contributed by atoms with Crippen molar-refractivity contribution in [1.29, 1.82) is 5.26 Å². The number of nitrogens with zero attached hydrogens (tertiary/aromatic N) is 1. The molecule has 0 aromatic heterocycles. The highest BCUT2D eigenvalue weighted by Crippen LogP contribution is 2.36. The van der Waals surface area contributed by atoms with Crippen molar-refractivity contribution in [3.8, 4) is 17.6 Å². The molecule has 5 nitrogen and oxygen atoms in total. The molecule has 0 spiro atoms. The minimum absolute atomic E-state index is 0.0560. The molecule has 2 aromatic rings. The molecule has 10 heteroatoms. The number of sulfone groups is 1. The summed E-state index contributed by atoms with van der Waals surface area (Å²) in [7, 11) is -3.14. The summed E-state index contributed by atoms with van der Waals surface area (Å²) in [6.45, 7) is -3.18. The molecule has 0 N–H and O–H groups in total. The number of alkyl halides is 2. The first-order valence-corrected chi connectivity index (χ1v) is 9.38. The fourth-order valence-corrected chi connectivity index (χ4v) is 4.04. The highest BCUT2D eigenvalue weighted by atomic mass is 35.5. The van der Waals surface area contributed by atoms with Crippen LogP contribution in [0.1, 0.15) is 5.56 Å². The summed E-state index contributed by atoms with van der Waals surface area (Å²) in [4.78, 5) is -1.12. The summed E-state index contributed by atoms with van der Waals surface area (Å²) >= 11 is 11.7. The van der Waals surface area contributed by atoms with Gasteiger partial charge in [-0.15, -0.1) is 0 Å². The van der Waals surface area contributed by atoms with Crippen LogP contribution in [0.3, 0.4) is 0 Å². The number of para-hydroxylation sites is 1. The molecule has 0 aliphatic carbocycles. The van der Waals surface area contributed by atoms with Crippen LogP contribution in [0.5, 0.6) is 11.5 Å². The van der Waals surface area contributed by atoms with Gasteiger partial charge in [-0.3, -0.25) is 0 Å². The van der Waals surface area contributed by atoms with Gasteiger partial charge in [0.05, 0.1) is 17.0 Å². The minimum atomic E-state index is -4.37. The van der Waals surface area contributed by atoms with Crippen LogP contribution in [-0.2, 0) is 9.84 Å². The number of hydrogen-bond donors (Lipinski definition) is 0. The molecule has 0 atom stereocenters. The van der Waals surface area contributed by atoms with Gasteiger partial charge in [0.25, 0.3) is 0 Å². The highest BCUT2D eigenvalue weighted by Gasteiger charge is 2.25. The molecular weight excluding hydrogens is 423 g/mol. The van der Waals surface area contributed by atoms with Crippen molar-refractivity contribution in [2.75, 3.05) is 7.11 Å². The molecule has 0 saturated heterocycles. The van der Waals surface area contributed by atoms with Gasteiger partial charge in [-0.2, -0.15) is 14.0 Å². The topological polar surface area (TPSA) is 76.4 Å². The zero-order chi connectivity index (χ0) is 20.2. The molecule has 0 radical (unpaired) electrons. The average Bonchev–Trinajstić information content (AvgIpc) is 2.61. The van der Waals surface area contributed by atoms with Gasteiger partial charge in [0.15, 0.2) is 11.5 Å². The minimum Gasteiger partial charge on any atom is -0.493 e. The van der Waals surface area contributed by atoms with Crippen molar-refractivity contribution in [1.82, 2.24) is 0 Å². The Bertz CT molecular complexity index is 1030. The van der Waals surface area contributed by atoms with E-state index in [0.29, 0.717) is 0 Å². The van der Waals surface area contributed by atoms with Gasteiger partial charge < -0.3 is 9.47 Å². The second-order valence-corrected chi connectivity index (χ2v) is 7.69. The number of ether oxygens (including phenoxy) is 2. The zero-order valence-electron chi connectivity index (χ0n) is 13.6. The fourth-order valence-electron chi connectivity index (χ4n) is 2.14. The molecule has 0 heterocycles. The third-order valence-electron chi connectivity index (χ3n) is 3.31. The van der Waals surface area contributed by atoms with E-state index in [1.54, 1.807) is 6.07 Å². The Labute approximate surface area is 164 Å². The average molecular weight is 434 g/mol. The Morgan fingerprint density at radius 2 is 1.96 bits per heavy atom. The molecule has 0 saturated carbocycles. The molecule has 27 heavy (non-hydrogen) atoms. The molecule has 0 aliphatic heterocycles. The normalized spacial score (nSPS) is 12.0. The molecule has 2 rings (SSSR count). The van der Waals surface area contributed by atoms with E-state index < -0.39 is 27.1 Å². The van der Waals surface area contributed by atoms with E-state index >= 15 is 0 Å². The van der Waals surface area contributed by atoms with Crippen LogP contribution in [0.25, 0.3) is 6.08 Å². The summed E-state index contributed by atoms with van der Waals surface area (Å²) in [6.07, 6.45) is 0.896.